The number of nitrogens with zero attached hydrogens (tertiary/aromatic N) is 1. The number of ether oxygens (including phenoxy) is 2. The Morgan fingerprint density at radius 2 is 2.05 bits per heavy atom. The summed E-state index contributed by atoms with van der Waals surface area (Å²) in [6.45, 7) is 1.54. The molecule has 0 bridgehead atoms. The number of esters is 1. The molecule has 1 heterocycles. The number of hydrogen-bond acceptors (Lipinski definition) is 4. The van der Waals surface area contributed by atoms with Crippen molar-refractivity contribution in [1.82, 2.24) is 4.98 Å². The summed E-state index contributed by atoms with van der Waals surface area (Å²) in [6.07, 6.45) is -8.72. The molecule has 1 rings (SSSR count). The molecule has 0 atom stereocenters. The number of alkyl halides is 5. The predicted octanol–water partition coefficient (Wildman–Crippen LogP) is 3.63. The normalized spacial score (nSPS) is 11.6. The van der Waals surface area contributed by atoms with Gasteiger partial charge in [0.15, 0.2) is 5.75 Å². The van der Waals surface area contributed by atoms with Gasteiger partial charge in [-0.15, -0.1) is 13.2 Å². The van der Waals surface area contributed by atoms with E-state index in [0.717, 1.165) is 0 Å². The van der Waals surface area contributed by atoms with Gasteiger partial charge in [-0.1, -0.05) is 0 Å². The van der Waals surface area contributed by atoms with Gasteiger partial charge in [-0.3, -0.25) is 4.79 Å². The second-order valence-corrected chi connectivity index (χ2v) is 4.67. The highest BCUT2D eigenvalue weighted by molar-refractivity contribution is 14.1. The maximum atomic E-state index is 12.7. The summed E-state index contributed by atoms with van der Waals surface area (Å²) in [6, 6.07) is 0.529. The van der Waals surface area contributed by atoms with Gasteiger partial charge in [-0.25, -0.2) is 13.8 Å². The van der Waals surface area contributed by atoms with E-state index in [1.807, 2.05) is 0 Å². The molecule has 0 spiro atoms. The third-order valence-electron chi connectivity index (χ3n) is 2.12. The molecule has 118 valence electrons. The lowest BCUT2D eigenvalue weighted by molar-refractivity contribution is -0.275. The second kappa shape index (κ2) is 7.18. The summed E-state index contributed by atoms with van der Waals surface area (Å²) in [4.78, 5) is 14.9. The second-order valence-electron chi connectivity index (χ2n) is 3.64. The number of rotatable bonds is 5. The predicted molar refractivity (Wildman–Crippen MR) is 68.9 cm³/mol. The van der Waals surface area contributed by atoms with Crippen molar-refractivity contribution in [1.29, 1.82) is 0 Å². The van der Waals surface area contributed by atoms with Crippen molar-refractivity contribution in [3.05, 3.63) is 21.0 Å². The molecule has 10 heteroatoms. The zero-order valence-corrected chi connectivity index (χ0v) is 12.7. The van der Waals surface area contributed by atoms with Crippen molar-refractivity contribution >= 4 is 28.6 Å². The highest BCUT2D eigenvalue weighted by Gasteiger charge is 2.33. The Morgan fingerprint density at radius 3 is 2.52 bits per heavy atom. The maximum Gasteiger partial charge on any atom is 0.573 e. The summed E-state index contributed by atoms with van der Waals surface area (Å²) >= 11 is 1.44. The summed E-state index contributed by atoms with van der Waals surface area (Å²) in [5.41, 5.74) is -1.12. The number of carbonyl (C=O) groups is 1. The highest BCUT2D eigenvalue weighted by atomic mass is 127. The first-order valence-corrected chi connectivity index (χ1v) is 6.60. The highest BCUT2D eigenvalue weighted by Crippen LogP contribution is 2.32. The van der Waals surface area contributed by atoms with Crippen molar-refractivity contribution in [3.8, 4) is 5.75 Å². The molecule has 0 radical (unpaired) electrons. The number of halogens is 6. The molecule has 0 aliphatic heterocycles. The van der Waals surface area contributed by atoms with Crippen LogP contribution in [0, 0.1) is 3.70 Å². The van der Waals surface area contributed by atoms with Crippen LogP contribution in [0.4, 0.5) is 22.0 Å². The van der Waals surface area contributed by atoms with Crippen LogP contribution in [0.1, 0.15) is 24.6 Å². The maximum absolute atomic E-state index is 12.7. The van der Waals surface area contributed by atoms with Gasteiger partial charge in [0.1, 0.15) is 3.70 Å². The molecular weight excluding hydrogens is 416 g/mol. The lowest BCUT2D eigenvalue weighted by atomic mass is 10.2. The Kier molecular flexibility index (Phi) is 6.10. The van der Waals surface area contributed by atoms with Gasteiger partial charge < -0.3 is 9.47 Å². The fourth-order valence-corrected chi connectivity index (χ4v) is 2.05. The van der Waals surface area contributed by atoms with Crippen LogP contribution in [0.5, 0.6) is 5.75 Å². The van der Waals surface area contributed by atoms with Gasteiger partial charge in [-0.2, -0.15) is 0 Å². The Labute approximate surface area is 129 Å². The van der Waals surface area contributed by atoms with Crippen LogP contribution >= 0.6 is 22.6 Å². The van der Waals surface area contributed by atoms with Crippen LogP contribution in [-0.2, 0) is 16.0 Å². The van der Waals surface area contributed by atoms with Crippen LogP contribution in [0.25, 0.3) is 0 Å². The van der Waals surface area contributed by atoms with E-state index in [9.17, 15) is 26.7 Å². The average Bonchev–Trinajstić information content (AvgIpc) is 2.30. The zero-order chi connectivity index (χ0) is 16.2. The smallest absolute Gasteiger partial charge is 0.466 e. The molecule has 0 aliphatic rings. The zero-order valence-electron chi connectivity index (χ0n) is 10.5. The van der Waals surface area contributed by atoms with E-state index >= 15 is 0 Å². The molecule has 1 aromatic heterocycles. The molecule has 0 N–H and O–H groups in total. The van der Waals surface area contributed by atoms with Gasteiger partial charge >= 0.3 is 12.3 Å². The van der Waals surface area contributed by atoms with Crippen LogP contribution in [0.15, 0.2) is 6.07 Å². The number of pyridine rings is 1. The summed E-state index contributed by atoms with van der Waals surface area (Å²) in [5.74, 6) is -1.77. The lowest BCUT2D eigenvalue weighted by Gasteiger charge is -2.14. The lowest BCUT2D eigenvalue weighted by Crippen LogP contribution is -2.20. The van der Waals surface area contributed by atoms with E-state index < -0.39 is 42.2 Å². The Balaban J connectivity index is 3.20. The van der Waals surface area contributed by atoms with Gasteiger partial charge in [0.25, 0.3) is 6.43 Å². The minimum absolute atomic E-state index is 0.0283. The Morgan fingerprint density at radius 1 is 1.43 bits per heavy atom. The first-order valence-electron chi connectivity index (χ1n) is 5.52. The Hall–Kier alpha value is -1.20. The van der Waals surface area contributed by atoms with Crippen LogP contribution in [0.2, 0.25) is 0 Å². The van der Waals surface area contributed by atoms with Gasteiger partial charge in [-0.05, 0) is 35.6 Å². The summed E-state index contributed by atoms with van der Waals surface area (Å²) < 4.78 is 70.2. The van der Waals surface area contributed by atoms with E-state index in [0.29, 0.717) is 6.07 Å². The molecule has 0 saturated carbocycles. The molecule has 0 amide bonds. The van der Waals surface area contributed by atoms with Crippen LogP contribution in [0.3, 0.4) is 0 Å². The van der Waals surface area contributed by atoms with Crippen LogP contribution in [-0.4, -0.2) is 23.9 Å². The first kappa shape index (κ1) is 17.9. The van der Waals surface area contributed by atoms with Crippen molar-refractivity contribution in [3.63, 3.8) is 0 Å². The molecule has 21 heavy (non-hydrogen) atoms. The van der Waals surface area contributed by atoms with Gasteiger partial charge in [0, 0.05) is 0 Å². The average molecular weight is 425 g/mol. The summed E-state index contributed by atoms with van der Waals surface area (Å²) in [5, 5.41) is 0. The summed E-state index contributed by atoms with van der Waals surface area (Å²) in [7, 11) is 0. The third kappa shape index (κ3) is 5.59. The first-order chi connectivity index (χ1) is 9.64. The van der Waals surface area contributed by atoms with E-state index in [1.54, 1.807) is 0 Å². The van der Waals surface area contributed by atoms with Crippen LogP contribution < -0.4 is 4.74 Å². The number of carbonyl (C=O) groups excluding carboxylic acids is 1. The van der Waals surface area contributed by atoms with Crippen molar-refractivity contribution in [2.75, 3.05) is 6.61 Å². The minimum atomic E-state index is -5.09. The van der Waals surface area contributed by atoms with E-state index in [4.69, 9.17) is 0 Å². The van der Waals surface area contributed by atoms with E-state index in [1.165, 1.54) is 29.5 Å². The molecule has 0 fully saturated rings. The fourth-order valence-electron chi connectivity index (χ4n) is 1.36. The minimum Gasteiger partial charge on any atom is -0.466 e. The molecule has 4 nitrogen and oxygen atoms in total. The quantitative estimate of drug-likeness (QED) is 0.313. The van der Waals surface area contributed by atoms with E-state index in [2.05, 4.69) is 14.5 Å². The van der Waals surface area contributed by atoms with Gasteiger partial charge in [0.05, 0.1) is 24.3 Å². The van der Waals surface area contributed by atoms with E-state index in [-0.39, 0.29) is 10.3 Å². The van der Waals surface area contributed by atoms with Crippen molar-refractivity contribution < 1.29 is 36.2 Å². The number of aromatic nitrogens is 1. The van der Waals surface area contributed by atoms with Crippen molar-refractivity contribution in [2.45, 2.75) is 26.1 Å². The molecule has 1 aromatic rings. The molecule has 0 unspecified atom stereocenters. The molecule has 0 aliphatic carbocycles. The third-order valence-corrected chi connectivity index (χ3v) is 2.98. The fraction of sp³-hybridized carbons (Fsp3) is 0.455. The van der Waals surface area contributed by atoms with Gasteiger partial charge in [0.2, 0.25) is 0 Å². The Bertz CT molecular complexity index is 521. The number of hydrogen-bond donors (Lipinski definition) is 0. The monoisotopic (exact) mass is 425 g/mol. The standard InChI is InChI=1S/C11H9F5INO3/c1-2-20-8(19)4-6-7(21-11(14,15)16)3-5(9(12)13)10(17)18-6/h3,9H,2,4H2,1H3. The topological polar surface area (TPSA) is 48.4 Å². The largest absolute Gasteiger partial charge is 0.573 e. The molecular formula is C11H9F5INO3. The SMILES string of the molecule is CCOC(=O)Cc1nc(I)c(C(F)F)cc1OC(F)(F)F. The molecule has 0 aromatic carbocycles. The van der Waals surface area contributed by atoms with Crippen molar-refractivity contribution in [2.24, 2.45) is 0 Å². The molecule has 0 saturated heterocycles.